The molecule has 14 heavy (non-hydrogen) atoms. The van der Waals surface area contributed by atoms with E-state index in [2.05, 4.69) is 11.9 Å². The van der Waals surface area contributed by atoms with Crippen LogP contribution in [0.2, 0.25) is 0 Å². The van der Waals surface area contributed by atoms with Crippen LogP contribution in [0.4, 0.5) is 0 Å². The third-order valence-electron chi connectivity index (χ3n) is 5.36. The number of rotatable bonds is 0. The number of hydrogen-bond donors (Lipinski definition) is 0. The molecule has 1 heteroatoms. The first-order valence-electron chi connectivity index (χ1n) is 6.50. The van der Waals surface area contributed by atoms with Crippen molar-refractivity contribution in [2.75, 3.05) is 20.1 Å². The summed E-state index contributed by atoms with van der Waals surface area (Å²) in [6.07, 6.45) is 10.8. The molecule has 2 aliphatic carbocycles. The summed E-state index contributed by atoms with van der Waals surface area (Å²) in [5.74, 6) is 2.19. The summed E-state index contributed by atoms with van der Waals surface area (Å²) in [5.41, 5.74) is 0.783. The van der Waals surface area contributed by atoms with Gasteiger partial charge in [0.1, 0.15) is 0 Å². The van der Waals surface area contributed by atoms with E-state index in [0.717, 1.165) is 17.3 Å². The summed E-state index contributed by atoms with van der Waals surface area (Å²) >= 11 is 0. The van der Waals surface area contributed by atoms with Crippen molar-refractivity contribution in [2.24, 2.45) is 17.3 Å². The second-order valence-corrected chi connectivity index (χ2v) is 5.98. The zero-order chi connectivity index (χ0) is 9.60. The molecule has 0 aromatic heterocycles. The van der Waals surface area contributed by atoms with Gasteiger partial charge >= 0.3 is 0 Å². The van der Waals surface area contributed by atoms with E-state index >= 15 is 0 Å². The molecule has 0 atom stereocenters. The van der Waals surface area contributed by atoms with Crippen molar-refractivity contribution in [3.8, 4) is 0 Å². The van der Waals surface area contributed by atoms with Crippen molar-refractivity contribution in [3.05, 3.63) is 0 Å². The Morgan fingerprint density at radius 1 is 1.00 bits per heavy atom. The predicted molar refractivity (Wildman–Crippen MR) is 59.2 cm³/mol. The molecule has 1 spiro atoms. The first-order chi connectivity index (χ1) is 6.81. The lowest BCUT2D eigenvalue weighted by atomic mass is 9.54. The summed E-state index contributed by atoms with van der Waals surface area (Å²) in [7, 11) is 2.32. The molecule has 1 heterocycles. The molecule has 1 aliphatic heterocycles. The van der Waals surface area contributed by atoms with E-state index in [4.69, 9.17) is 0 Å². The lowest BCUT2D eigenvalue weighted by Gasteiger charge is -2.51. The van der Waals surface area contributed by atoms with Crippen LogP contribution in [0.3, 0.4) is 0 Å². The average molecular weight is 193 g/mol. The molecule has 0 aromatic carbocycles. The van der Waals surface area contributed by atoms with Gasteiger partial charge in [0.25, 0.3) is 0 Å². The molecule has 0 N–H and O–H groups in total. The zero-order valence-electron chi connectivity index (χ0n) is 9.47. The minimum absolute atomic E-state index is 0.783. The highest BCUT2D eigenvalue weighted by Gasteiger charge is 2.51. The molecule has 3 aliphatic rings. The van der Waals surface area contributed by atoms with Gasteiger partial charge < -0.3 is 4.90 Å². The van der Waals surface area contributed by atoms with Crippen LogP contribution < -0.4 is 0 Å². The van der Waals surface area contributed by atoms with Gasteiger partial charge in [-0.1, -0.05) is 12.8 Å². The molecule has 0 amide bonds. The third kappa shape index (κ3) is 1.18. The molecule has 2 saturated carbocycles. The number of likely N-dealkylation sites (tertiary alicyclic amines) is 1. The Balaban J connectivity index is 1.88. The van der Waals surface area contributed by atoms with E-state index in [1.807, 2.05) is 0 Å². The van der Waals surface area contributed by atoms with Gasteiger partial charge in [-0.2, -0.15) is 0 Å². The highest BCUT2D eigenvalue weighted by molar-refractivity contribution is 5.02. The van der Waals surface area contributed by atoms with Gasteiger partial charge in [-0.15, -0.1) is 0 Å². The summed E-state index contributed by atoms with van der Waals surface area (Å²) in [5, 5.41) is 0. The van der Waals surface area contributed by atoms with Gasteiger partial charge in [0.15, 0.2) is 0 Å². The minimum Gasteiger partial charge on any atom is -0.306 e. The zero-order valence-corrected chi connectivity index (χ0v) is 9.47. The molecule has 0 radical (unpaired) electrons. The monoisotopic (exact) mass is 193 g/mol. The molecule has 80 valence electrons. The van der Waals surface area contributed by atoms with E-state index in [1.165, 1.54) is 32.4 Å². The Labute approximate surface area is 87.9 Å². The van der Waals surface area contributed by atoms with E-state index in [1.54, 1.807) is 25.7 Å². The molecule has 0 unspecified atom stereocenters. The van der Waals surface area contributed by atoms with Crippen LogP contribution in [0, 0.1) is 17.3 Å². The molecule has 3 fully saturated rings. The van der Waals surface area contributed by atoms with Crippen LogP contribution in [0.25, 0.3) is 0 Å². The number of nitrogens with zero attached hydrogens (tertiary/aromatic N) is 1. The SMILES string of the molecule is CN1CCC2(C1)C1CCCC2CCC1. The Morgan fingerprint density at radius 3 is 2.00 bits per heavy atom. The third-order valence-corrected chi connectivity index (χ3v) is 5.36. The Bertz CT molecular complexity index is 201. The second kappa shape index (κ2) is 3.23. The topological polar surface area (TPSA) is 3.24 Å². The van der Waals surface area contributed by atoms with E-state index < -0.39 is 0 Å². The van der Waals surface area contributed by atoms with Crippen molar-refractivity contribution < 1.29 is 0 Å². The average Bonchev–Trinajstić information content (AvgIpc) is 2.48. The highest BCUT2D eigenvalue weighted by atomic mass is 15.1. The summed E-state index contributed by atoms with van der Waals surface area (Å²) in [6, 6.07) is 0. The maximum absolute atomic E-state index is 2.58. The molecule has 2 bridgehead atoms. The fourth-order valence-electron chi connectivity index (χ4n) is 4.72. The van der Waals surface area contributed by atoms with Crippen molar-refractivity contribution >= 4 is 0 Å². The van der Waals surface area contributed by atoms with Crippen LogP contribution in [0.1, 0.15) is 44.9 Å². The molecule has 1 nitrogen and oxygen atoms in total. The van der Waals surface area contributed by atoms with Gasteiger partial charge in [-0.25, -0.2) is 0 Å². The normalized spacial score (nSPS) is 48.6. The van der Waals surface area contributed by atoms with Crippen molar-refractivity contribution in [1.82, 2.24) is 4.90 Å². The van der Waals surface area contributed by atoms with Gasteiger partial charge in [-0.3, -0.25) is 0 Å². The van der Waals surface area contributed by atoms with Crippen LogP contribution in [0.5, 0.6) is 0 Å². The first kappa shape index (κ1) is 9.21. The van der Waals surface area contributed by atoms with Gasteiger partial charge in [0.05, 0.1) is 0 Å². The minimum atomic E-state index is 0.783. The molecular formula is C13H23N. The fourth-order valence-corrected chi connectivity index (χ4v) is 4.72. The van der Waals surface area contributed by atoms with Crippen molar-refractivity contribution in [3.63, 3.8) is 0 Å². The summed E-state index contributed by atoms with van der Waals surface area (Å²) in [6.45, 7) is 2.79. The van der Waals surface area contributed by atoms with Crippen molar-refractivity contribution in [1.29, 1.82) is 0 Å². The quantitative estimate of drug-likeness (QED) is 0.572. The highest BCUT2D eigenvalue weighted by Crippen LogP contribution is 2.57. The molecule has 0 aromatic rings. The van der Waals surface area contributed by atoms with Crippen molar-refractivity contribution in [2.45, 2.75) is 44.9 Å². The van der Waals surface area contributed by atoms with E-state index in [9.17, 15) is 0 Å². The maximum Gasteiger partial charge on any atom is 0.00407 e. The predicted octanol–water partition coefficient (Wildman–Crippen LogP) is 2.91. The van der Waals surface area contributed by atoms with Crippen LogP contribution in [0.15, 0.2) is 0 Å². The largest absolute Gasteiger partial charge is 0.306 e. The second-order valence-electron chi connectivity index (χ2n) is 5.98. The number of hydrogen-bond acceptors (Lipinski definition) is 1. The molecule has 1 saturated heterocycles. The van der Waals surface area contributed by atoms with Gasteiger partial charge in [-0.05, 0) is 62.9 Å². The van der Waals surface area contributed by atoms with Crippen LogP contribution >= 0.6 is 0 Å². The Morgan fingerprint density at radius 2 is 1.57 bits per heavy atom. The lowest BCUT2D eigenvalue weighted by molar-refractivity contribution is -0.00900. The van der Waals surface area contributed by atoms with E-state index in [-0.39, 0.29) is 0 Å². The van der Waals surface area contributed by atoms with E-state index in [0.29, 0.717) is 0 Å². The maximum atomic E-state index is 2.58. The lowest BCUT2D eigenvalue weighted by Crippen LogP contribution is -2.45. The van der Waals surface area contributed by atoms with Crippen LogP contribution in [-0.4, -0.2) is 25.0 Å². The Hall–Kier alpha value is -0.0400. The first-order valence-corrected chi connectivity index (χ1v) is 6.50. The summed E-state index contributed by atoms with van der Waals surface area (Å²) in [4.78, 5) is 2.58. The Kier molecular flexibility index (Phi) is 2.12. The van der Waals surface area contributed by atoms with Gasteiger partial charge in [0, 0.05) is 6.54 Å². The summed E-state index contributed by atoms with van der Waals surface area (Å²) < 4.78 is 0. The van der Waals surface area contributed by atoms with Gasteiger partial charge in [0.2, 0.25) is 0 Å². The van der Waals surface area contributed by atoms with Crippen LogP contribution in [-0.2, 0) is 0 Å². The molecule has 3 rings (SSSR count). The fraction of sp³-hybridized carbons (Fsp3) is 1.00. The standard InChI is InChI=1S/C13H23N/c1-14-9-8-13(10-14)11-4-2-5-12(13)7-3-6-11/h11-12H,2-10H2,1H3. The smallest absolute Gasteiger partial charge is 0.00407 e. The molecular weight excluding hydrogens is 170 g/mol.